The molecule has 2 rings (SSSR count). The predicted molar refractivity (Wildman–Crippen MR) is 70.8 cm³/mol. The van der Waals surface area contributed by atoms with E-state index >= 15 is 0 Å². The number of nitrogens with zero attached hydrogens (tertiary/aromatic N) is 4. The second kappa shape index (κ2) is 5.24. The van der Waals surface area contributed by atoms with Crippen molar-refractivity contribution in [1.29, 1.82) is 0 Å². The highest BCUT2D eigenvalue weighted by molar-refractivity contribution is 9.10. The first-order chi connectivity index (χ1) is 8.15. The molecule has 0 aliphatic heterocycles. The first-order valence-electron chi connectivity index (χ1n) is 5.39. The van der Waals surface area contributed by atoms with Crippen LogP contribution in [0.4, 0.5) is 0 Å². The molecule has 0 aromatic carbocycles. The van der Waals surface area contributed by atoms with Gasteiger partial charge in [-0.2, -0.15) is 5.10 Å². The zero-order valence-electron chi connectivity index (χ0n) is 9.72. The zero-order valence-corrected chi connectivity index (χ0v) is 12.1. The molecular weight excluding hydrogens is 302 g/mol. The van der Waals surface area contributed by atoms with Crippen LogP contribution < -0.4 is 5.73 Å². The molecular formula is C10H14BrN5S. The fourth-order valence-corrected chi connectivity index (χ4v) is 3.05. The van der Waals surface area contributed by atoms with Crippen LogP contribution in [0.2, 0.25) is 0 Å². The maximum absolute atomic E-state index is 6.28. The molecule has 0 amide bonds. The van der Waals surface area contributed by atoms with E-state index in [0.29, 0.717) is 0 Å². The predicted octanol–water partition coefficient (Wildman–Crippen LogP) is 2.03. The molecule has 0 radical (unpaired) electrons. The van der Waals surface area contributed by atoms with Gasteiger partial charge in [0.2, 0.25) is 0 Å². The second-order valence-corrected chi connectivity index (χ2v) is 5.45. The largest absolute Gasteiger partial charge is 0.318 e. The molecule has 0 saturated carbocycles. The van der Waals surface area contributed by atoms with Gasteiger partial charge < -0.3 is 5.73 Å². The Morgan fingerprint density at radius 2 is 2.35 bits per heavy atom. The van der Waals surface area contributed by atoms with Gasteiger partial charge in [0.1, 0.15) is 0 Å². The summed E-state index contributed by atoms with van der Waals surface area (Å²) in [5.74, 6) is 0. The van der Waals surface area contributed by atoms with Gasteiger partial charge in [0.15, 0.2) is 0 Å². The van der Waals surface area contributed by atoms with Gasteiger partial charge in [0.25, 0.3) is 0 Å². The molecule has 7 heteroatoms. The van der Waals surface area contributed by atoms with Crippen molar-refractivity contribution in [1.82, 2.24) is 19.4 Å². The lowest BCUT2D eigenvalue weighted by Gasteiger charge is -2.11. The molecule has 5 nitrogen and oxygen atoms in total. The zero-order chi connectivity index (χ0) is 12.4. The second-order valence-electron chi connectivity index (χ2n) is 3.81. The lowest BCUT2D eigenvalue weighted by atomic mass is 10.1. The number of aryl methyl sites for hydroxylation is 2. The Balaban J connectivity index is 2.37. The Morgan fingerprint density at radius 3 is 2.94 bits per heavy atom. The molecule has 0 bridgehead atoms. The highest BCUT2D eigenvalue weighted by atomic mass is 79.9. The monoisotopic (exact) mass is 315 g/mol. The molecule has 2 aromatic heterocycles. The van der Waals surface area contributed by atoms with Gasteiger partial charge in [-0.25, -0.2) is 0 Å². The molecule has 2 aromatic rings. The van der Waals surface area contributed by atoms with E-state index in [4.69, 9.17) is 5.73 Å². The molecule has 0 saturated heterocycles. The molecule has 2 heterocycles. The first kappa shape index (κ1) is 12.7. The third-order valence-corrected chi connectivity index (χ3v) is 4.05. The van der Waals surface area contributed by atoms with Crippen LogP contribution in [-0.2, 0) is 13.5 Å². The van der Waals surface area contributed by atoms with Gasteiger partial charge in [-0.1, -0.05) is 17.8 Å². The minimum atomic E-state index is -0.224. The van der Waals surface area contributed by atoms with Crippen molar-refractivity contribution in [3.63, 3.8) is 0 Å². The number of halogens is 1. The molecule has 92 valence electrons. The molecule has 2 N–H and O–H groups in total. The van der Waals surface area contributed by atoms with Gasteiger partial charge >= 0.3 is 0 Å². The van der Waals surface area contributed by atoms with Crippen LogP contribution in [0.15, 0.2) is 10.7 Å². The summed E-state index contributed by atoms with van der Waals surface area (Å²) in [5.41, 5.74) is 8.23. The summed E-state index contributed by atoms with van der Waals surface area (Å²) in [6, 6.07) is -0.224. The van der Waals surface area contributed by atoms with Crippen molar-refractivity contribution < 1.29 is 0 Å². The molecule has 0 aliphatic carbocycles. The van der Waals surface area contributed by atoms with Crippen LogP contribution in [0.5, 0.6) is 0 Å². The van der Waals surface area contributed by atoms with Crippen molar-refractivity contribution in [3.8, 4) is 0 Å². The first-order valence-corrected chi connectivity index (χ1v) is 6.95. The fraction of sp³-hybridized carbons (Fsp3) is 0.500. The summed E-state index contributed by atoms with van der Waals surface area (Å²) < 4.78 is 6.70. The van der Waals surface area contributed by atoms with E-state index in [9.17, 15) is 0 Å². The Hall–Kier alpha value is -0.790. The van der Waals surface area contributed by atoms with Crippen molar-refractivity contribution in [3.05, 3.63) is 26.9 Å². The van der Waals surface area contributed by atoms with Gasteiger partial charge in [-0.3, -0.25) is 4.68 Å². The third kappa shape index (κ3) is 2.41. The molecule has 0 fully saturated rings. The number of nitrogens with two attached hydrogens (primary N) is 1. The average Bonchev–Trinajstić information content (AvgIpc) is 2.86. The van der Waals surface area contributed by atoms with E-state index in [1.807, 2.05) is 7.05 Å². The van der Waals surface area contributed by atoms with Crippen LogP contribution >= 0.6 is 27.5 Å². The third-order valence-electron chi connectivity index (χ3n) is 2.59. The van der Waals surface area contributed by atoms with Crippen LogP contribution in [-0.4, -0.2) is 19.4 Å². The van der Waals surface area contributed by atoms with Crippen molar-refractivity contribution in [2.24, 2.45) is 12.8 Å². The van der Waals surface area contributed by atoms with E-state index in [1.165, 1.54) is 11.5 Å². The molecule has 1 unspecified atom stereocenters. The van der Waals surface area contributed by atoms with Crippen molar-refractivity contribution in [2.75, 3.05) is 0 Å². The Labute approximate surface area is 112 Å². The van der Waals surface area contributed by atoms with Gasteiger partial charge in [-0.05, 0) is 33.9 Å². The van der Waals surface area contributed by atoms with Crippen molar-refractivity contribution >= 4 is 27.5 Å². The lowest BCUT2D eigenvalue weighted by molar-refractivity contribution is 0.670. The summed E-state index contributed by atoms with van der Waals surface area (Å²) in [6.07, 6.45) is 3.70. The summed E-state index contributed by atoms with van der Waals surface area (Å²) in [7, 11) is 1.88. The number of rotatable bonds is 4. The Bertz CT molecular complexity index is 487. The van der Waals surface area contributed by atoms with E-state index in [-0.39, 0.29) is 6.04 Å². The quantitative estimate of drug-likeness (QED) is 0.937. The summed E-state index contributed by atoms with van der Waals surface area (Å²) in [5, 5.41) is 8.32. The SMILES string of the molecule is CCCc1nnsc1C(N)c1c(Br)cnn1C. The summed E-state index contributed by atoms with van der Waals surface area (Å²) >= 11 is 4.83. The van der Waals surface area contributed by atoms with E-state index in [0.717, 1.165) is 33.6 Å². The smallest absolute Gasteiger partial charge is 0.0863 e. The van der Waals surface area contributed by atoms with E-state index in [1.54, 1.807) is 10.9 Å². The minimum Gasteiger partial charge on any atom is -0.318 e. The molecule has 0 aliphatic rings. The van der Waals surface area contributed by atoms with Gasteiger partial charge in [0.05, 0.1) is 33.0 Å². The van der Waals surface area contributed by atoms with E-state index in [2.05, 4.69) is 37.5 Å². The standard InChI is InChI=1S/C10H14BrN5S/c1-3-4-7-10(17-15-14-7)8(12)9-6(11)5-13-16(9)2/h5,8H,3-4,12H2,1-2H3. The Kier molecular flexibility index (Phi) is 3.90. The summed E-state index contributed by atoms with van der Waals surface area (Å²) in [6.45, 7) is 2.12. The lowest BCUT2D eigenvalue weighted by Crippen LogP contribution is -2.17. The maximum atomic E-state index is 6.28. The number of hydrogen-bond donors (Lipinski definition) is 1. The van der Waals surface area contributed by atoms with Crippen molar-refractivity contribution in [2.45, 2.75) is 25.8 Å². The Morgan fingerprint density at radius 1 is 1.59 bits per heavy atom. The normalized spacial score (nSPS) is 12.9. The highest BCUT2D eigenvalue weighted by Crippen LogP contribution is 2.29. The van der Waals surface area contributed by atoms with Crippen LogP contribution in [0, 0.1) is 0 Å². The van der Waals surface area contributed by atoms with Gasteiger partial charge in [-0.15, -0.1) is 5.10 Å². The van der Waals surface area contributed by atoms with Crippen LogP contribution in [0.3, 0.4) is 0 Å². The summed E-state index contributed by atoms with van der Waals surface area (Å²) in [4.78, 5) is 1.02. The van der Waals surface area contributed by atoms with Gasteiger partial charge in [0, 0.05) is 7.05 Å². The highest BCUT2D eigenvalue weighted by Gasteiger charge is 2.22. The molecule has 0 spiro atoms. The number of aromatic nitrogens is 4. The van der Waals surface area contributed by atoms with E-state index < -0.39 is 0 Å². The van der Waals surface area contributed by atoms with Crippen LogP contribution in [0.25, 0.3) is 0 Å². The number of hydrogen-bond acceptors (Lipinski definition) is 5. The van der Waals surface area contributed by atoms with Crippen LogP contribution in [0.1, 0.15) is 35.7 Å². The topological polar surface area (TPSA) is 69.6 Å². The maximum Gasteiger partial charge on any atom is 0.0863 e. The molecule has 17 heavy (non-hydrogen) atoms. The molecule has 1 atom stereocenters. The fourth-order valence-electron chi connectivity index (χ4n) is 1.76. The average molecular weight is 316 g/mol. The minimum absolute atomic E-state index is 0.224.